The lowest BCUT2D eigenvalue weighted by Crippen LogP contribution is -2.34. The number of hydrogen-bond donors (Lipinski definition) is 0. The van der Waals surface area contributed by atoms with Crippen LogP contribution < -0.4 is 0 Å². The molecule has 0 aliphatic carbocycles. The van der Waals surface area contributed by atoms with Gasteiger partial charge in [0.1, 0.15) is 0 Å². The molecule has 0 aromatic carbocycles. The average molecular weight is 680 g/mol. The molecule has 0 heterocycles. The second kappa shape index (κ2) is 17.6. The molecule has 0 fully saturated rings. The number of carbonyl (C=O) groups excluding carboxylic acids is 3. The lowest BCUT2D eigenvalue weighted by Gasteiger charge is -2.27. The van der Waals surface area contributed by atoms with Crippen molar-refractivity contribution in [1.29, 1.82) is 0 Å². The Morgan fingerprint density at radius 3 is 0.816 bits per heavy atom. The molecule has 0 saturated carbocycles. The van der Waals surface area contributed by atoms with Gasteiger partial charge in [0.15, 0.2) is 13.5 Å². The Balaban J connectivity index is 7.01. The molecular formula is C21H30Cl6N3O7P. The van der Waals surface area contributed by atoms with Crippen LogP contribution in [0.5, 0.6) is 0 Å². The van der Waals surface area contributed by atoms with E-state index in [1.165, 1.54) is 14.7 Å². The lowest BCUT2D eigenvalue weighted by atomic mass is 10.4. The first-order valence-electron chi connectivity index (χ1n) is 11.4. The van der Waals surface area contributed by atoms with Gasteiger partial charge in [-0.15, -0.1) is 0 Å². The minimum Gasteiger partial charge on any atom is -0.377 e. The van der Waals surface area contributed by atoms with Gasteiger partial charge in [0.2, 0.25) is 17.3 Å². The fourth-order valence-corrected chi connectivity index (χ4v) is 5.15. The Hall–Kier alpha value is -1.000. The second-order valence-corrected chi connectivity index (χ2v) is 11.2. The highest BCUT2D eigenvalue weighted by Gasteiger charge is 2.44. The normalized spacial score (nSPS) is 10.6. The maximum absolute atomic E-state index is 14.0. The predicted octanol–water partition coefficient (Wildman–Crippen LogP) is 6.69. The van der Waals surface area contributed by atoms with Crippen molar-refractivity contribution in [3.05, 3.63) is 30.8 Å². The summed E-state index contributed by atoms with van der Waals surface area (Å²) in [7, 11) is -5.32. The van der Waals surface area contributed by atoms with Crippen LogP contribution in [0.15, 0.2) is 30.8 Å². The summed E-state index contributed by atoms with van der Waals surface area (Å²) in [5.41, 5.74) is 0. The van der Waals surface area contributed by atoms with Crippen molar-refractivity contribution < 1.29 is 32.5 Å². The quantitative estimate of drug-likeness (QED) is 0.108. The number of halogens is 6. The Kier molecular flexibility index (Phi) is 17.2. The monoisotopic (exact) mass is 677 g/mol. The fraction of sp³-hybridized carbons (Fsp3) is 0.571. The first-order chi connectivity index (χ1) is 17.7. The number of nitrogens with zero attached hydrogens (tertiary/aromatic N) is 3. The zero-order valence-corrected chi connectivity index (χ0v) is 27.1. The summed E-state index contributed by atoms with van der Waals surface area (Å²) in [5, 5.41) is 0. The van der Waals surface area contributed by atoms with Crippen LogP contribution in [0.1, 0.15) is 41.5 Å². The Labute approximate surface area is 252 Å². The molecule has 0 spiro atoms. The molecule has 0 bridgehead atoms. The highest BCUT2D eigenvalue weighted by atomic mass is 35.5. The minimum atomic E-state index is -5.32. The van der Waals surface area contributed by atoms with Crippen LogP contribution in [0.3, 0.4) is 0 Å². The molecule has 0 atom stereocenters. The van der Waals surface area contributed by atoms with Gasteiger partial charge in [-0.05, 0) is 41.5 Å². The SMILES string of the molecule is CCN(CC)C(=O)C(OP(=O)(OC(C(=O)N(CC)CC)=C(Cl)Cl)OC(C(=O)N(CC)CC)=C(Cl)Cl)=C(Cl)Cl. The third-order valence-corrected chi connectivity index (χ3v) is 7.11. The molecule has 38 heavy (non-hydrogen) atoms. The van der Waals surface area contributed by atoms with Gasteiger partial charge in [0.05, 0.1) is 0 Å². The van der Waals surface area contributed by atoms with Crippen LogP contribution in [0.4, 0.5) is 0 Å². The first kappa shape index (κ1) is 37.0. The topological polar surface area (TPSA) is 106 Å². The van der Waals surface area contributed by atoms with Crippen LogP contribution in [-0.2, 0) is 32.5 Å². The average Bonchev–Trinajstić information content (AvgIpc) is 2.86. The van der Waals surface area contributed by atoms with E-state index in [0.29, 0.717) is 0 Å². The number of phosphoric ester groups is 1. The van der Waals surface area contributed by atoms with Gasteiger partial charge in [-0.2, -0.15) is 4.57 Å². The van der Waals surface area contributed by atoms with Gasteiger partial charge in [-0.3, -0.25) is 14.4 Å². The Bertz CT molecular complexity index is 874. The van der Waals surface area contributed by atoms with E-state index in [2.05, 4.69) is 0 Å². The zero-order chi connectivity index (χ0) is 29.8. The summed E-state index contributed by atoms with van der Waals surface area (Å²) in [6, 6.07) is 0. The summed E-state index contributed by atoms with van der Waals surface area (Å²) >= 11 is 35.3. The molecule has 0 saturated heterocycles. The highest BCUT2D eigenvalue weighted by molar-refractivity contribution is 7.49. The highest BCUT2D eigenvalue weighted by Crippen LogP contribution is 2.57. The lowest BCUT2D eigenvalue weighted by molar-refractivity contribution is -0.129. The number of phosphoric acid groups is 1. The smallest absolute Gasteiger partial charge is 0.377 e. The van der Waals surface area contributed by atoms with E-state index in [1.807, 2.05) is 0 Å². The number of carbonyl (C=O) groups is 3. The summed E-state index contributed by atoms with van der Waals surface area (Å²) < 4.78 is 27.6. The van der Waals surface area contributed by atoms with Crippen molar-refractivity contribution in [1.82, 2.24) is 14.7 Å². The molecule has 218 valence electrons. The fourth-order valence-electron chi connectivity index (χ4n) is 2.82. The summed E-state index contributed by atoms with van der Waals surface area (Å²) in [6.07, 6.45) is 0. The van der Waals surface area contributed by atoms with Crippen molar-refractivity contribution in [3.63, 3.8) is 0 Å². The minimum absolute atomic E-state index is 0.188. The van der Waals surface area contributed by atoms with Crippen LogP contribution in [0.2, 0.25) is 0 Å². The van der Waals surface area contributed by atoms with E-state index < -0.39 is 56.3 Å². The third kappa shape index (κ3) is 10.5. The third-order valence-electron chi connectivity index (χ3n) is 4.86. The van der Waals surface area contributed by atoms with Gasteiger partial charge >= 0.3 is 7.82 Å². The van der Waals surface area contributed by atoms with Crippen LogP contribution >= 0.6 is 77.4 Å². The number of hydrogen-bond acceptors (Lipinski definition) is 7. The van der Waals surface area contributed by atoms with E-state index in [0.717, 1.165) is 0 Å². The molecule has 3 amide bonds. The van der Waals surface area contributed by atoms with Gasteiger partial charge < -0.3 is 28.3 Å². The second-order valence-electron chi connectivity index (χ2n) is 6.92. The largest absolute Gasteiger partial charge is 0.647 e. The molecule has 0 radical (unpaired) electrons. The molecule has 0 aromatic heterocycles. The zero-order valence-electron chi connectivity index (χ0n) is 21.7. The molecule has 0 rings (SSSR count). The van der Waals surface area contributed by atoms with E-state index in [1.54, 1.807) is 41.5 Å². The van der Waals surface area contributed by atoms with Gasteiger partial charge in [-0.25, -0.2) is 0 Å². The Morgan fingerprint density at radius 1 is 0.500 bits per heavy atom. The van der Waals surface area contributed by atoms with Crippen molar-refractivity contribution in [2.45, 2.75) is 41.5 Å². The van der Waals surface area contributed by atoms with Crippen LogP contribution in [0.25, 0.3) is 0 Å². The molecule has 0 aliphatic rings. The summed E-state index contributed by atoms with van der Waals surface area (Å²) in [4.78, 5) is 42.7. The molecule has 10 nitrogen and oxygen atoms in total. The van der Waals surface area contributed by atoms with Crippen molar-refractivity contribution in [2.24, 2.45) is 0 Å². The van der Waals surface area contributed by atoms with Gasteiger partial charge in [0.25, 0.3) is 17.7 Å². The molecule has 17 heteroatoms. The van der Waals surface area contributed by atoms with Gasteiger partial charge in [-0.1, -0.05) is 69.6 Å². The summed E-state index contributed by atoms with van der Waals surface area (Å²) in [5.74, 6) is -5.34. The van der Waals surface area contributed by atoms with E-state index >= 15 is 0 Å². The predicted molar refractivity (Wildman–Crippen MR) is 151 cm³/mol. The van der Waals surface area contributed by atoms with E-state index in [-0.39, 0.29) is 39.3 Å². The molecular weight excluding hydrogens is 650 g/mol. The van der Waals surface area contributed by atoms with Crippen molar-refractivity contribution >= 4 is 95.1 Å². The molecule has 0 unspecified atom stereocenters. The molecule has 0 aliphatic heterocycles. The van der Waals surface area contributed by atoms with E-state index in [4.69, 9.17) is 83.2 Å². The van der Waals surface area contributed by atoms with Crippen molar-refractivity contribution in [2.75, 3.05) is 39.3 Å². The standard InChI is InChI=1S/C21H30Cl6N3O7P/c1-7-28(8-2)19(31)13(16(22)23)35-38(34,36-14(17(24)25)20(32)29(9-3)10-4)37-15(18(26)27)21(33)30(11-5)12-6/h7-12H2,1-6H3. The van der Waals surface area contributed by atoms with Crippen molar-refractivity contribution in [3.8, 4) is 0 Å². The maximum atomic E-state index is 14.0. The molecule has 0 N–H and O–H groups in total. The number of rotatable bonds is 15. The van der Waals surface area contributed by atoms with Crippen LogP contribution in [-0.4, -0.2) is 71.7 Å². The Morgan fingerprint density at radius 2 is 0.684 bits per heavy atom. The number of amides is 3. The maximum Gasteiger partial charge on any atom is 0.647 e. The summed E-state index contributed by atoms with van der Waals surface area (Å²) in [6.45, 7) is 11.1. The van der Waals surface area contributed by atoms with Crippen LogP contribution in [0, 0.1) is 0 Å². The van der Waals surface area contributed by atoms with Gasteiger partial charge in [0, 0.05) is 39.3 Å². The number of likely N-dealkylation sites (N-methyl/N-ethyl adjacent to an activating group) is 3. The molecule has 0 aromatic rings. The van der Waals surface area contributed by atoms with E-state index in [9.17, 15) is 18.9 Å². The first-order valence-corrected chi connectivity index (χ1v) is 15.1.